The first kappa shape index (κ1) is 18.6. The van der Waals surface area contributed by atoms with Crippen LogP contribution in [0, 0.1) is 17.0 Å². The molecular formula is C20H20N6O3. The van der Waals surface area contributed by atoms with Gasteiger partial charge >= 0.3 is 0 Å². The van der Waals surface area contributed by atoms with Gasteiger partial charge in [-0.1, -0.05) is 17.7 Å². The highest BCUT2D eigenvalue weighted by atomic mass is 16.6. The Labute approximate surface area is 167 Å². The molecule has 3 aromatic rings. The van der Waals surface area contributed by atoms with Crippen molar-refractivity contribution in [3.05, 3.63) is 76.4 Å². The number of amides is 1. The van der Waals surface area contributed by atoms with Gasteiger partial charge < -0.3 is 9.80 Å². The van der Waals surface area contributed by atoms with Crippen LogP contribution < -0.4 is 4.90 Å². The van der Waals surface area contributed by atoms with E-state index in [1.807, 2.05) is 36.1 Å². The van der Waals surface area contributed by atoms with E-state index in [1.54, 1.807) is 10.6 Å². The highest BCUT2D eigenvalue weighted by molar-refractivity contribution is 5.94. The van der Waals surface area contributed by atoms with Gasteiger partial charge in [0.15, 0.2) is 0 Å². The number of hydrogen-bond donors (Lipinski definition) is 0. The molecule has 1 aliphatic rings. The van der Waals surface area contributed by atoms with Crippen molar-refractivity contribution in [3.63, 3.8) is 0 Å². The van der Waals surface area contributed by atoms with E-state index in [4.69, 9.17) is 0 Å². The predicted molar refractivity (Wildman–Crippen MR) is 107 cm³/mol. The number of hydrogen-bond acceptors (Lipinski definition) is 6. The zero-order valence-electron chi connectivity index (χ0n) is 15.9. The van der Waals surface area contributed by atoms with Gasteiger partial charge in [-0.05, 0) is 25.1 Å². The Bertz CT molecular complexity index is 1020. The fraction of sp³-hybridized carbons (Fsp3) is 0.250. The second-order valence-corrected chi connectivity index (χ2v) is 6.94. The van der Waals surface area contributed by atoms with E-state index in [1.165, 1.54) is 24.8 Å². The number of aromatic nitrogens is 3. The Morgan fingerprint density at radius 2 is 1.62 bits per heavy atom. The second-order valence-electron chi connectivity index (χ2n) is 6.94. The monoisotopic (exact) mass is 392 g/mol. The van der Waals surface area contributed by atoms with Gasteiger partial charge in [-0.25, -0.2) is 0 Å². The summed E-state index contributed by atoms with van der Waals surface area (Å²) in [6.07, 6.45) is 3.03. The lowest BCUT2D eigenvalue weighted by Gasteiger charge is -2.37. The van der Waals surface area contributed by atoms with Crippen molar-refractivity contribution in [3.8, 4) is 5.69 Å². The van der Waals surface area contributed by atoms with Crippen LogP contribution in [0.3, 0.4) is 0 Å². The van der Waals surface area contributed by atoms with Crippen LogP contribution in [0.2, 0.25) is 0 Å². The van der Waals surface area contributed by atoms with Crippen molar-refractivity contribution in [2.45, 2.75) is 6.92 Å². The van der Waals surface area contributed by atoms with Gasteiger partial charge in [-0.2, -0.15) is 0 Å². The Morgan fingerprint density at radius 1 is 0.966 bits per heavy atom. The van der Waals surface area contributed by atoms with Gasteiger partial charge in [0.1, 0.15) is 12.7 Å². The van der Waals surface area contributed by atoms with Crippen LogP contribution in [-0.4, -0.2) is 56.7 Å². The molecule has 0 unspecified atom stereocenters. The molecular weight excluding hydrogens is 372 g/mol. The summed E-state index contributed by atoms with van der Waals surface area (Å²) in [5.41, 5.74) is 3.29. The fourth-order valence-electron chi connectivity index (χ4n) is 3.45. The van der Waals surface area contributed by atoms with Crippen LogP contribution in [0.25, 0.3) is 5.69 Å². The third-order valence-electron chi connectivity index (χ3n) is 5.07. The molecule has 0 bridgehead atoms. The van der Waals surface area contributed by atoms with Gasteiger partial charge in [0.2, 0.25) is 0 Å². The number of nitro benzene ring substituents is 1. The van der Waals surface area contributed by atoms with Crippen LogP contribution in [0.4, 0.5) is 11.4 Å². The zero-order valence-corrected chi connectivity index (χ0v) is 15.9. The van der Waals surface area contributed by atoms with Gasteiger partial charge in [0.05, 0.1) is 16.3 Å². The standard InChI is InChI=1S/C20H20N6O3/c1-15-2-4-16(5-3-15)20(27)24-10-8-23(9-11-24)18-7-6-17(26(28)29)12-19(18)25-13-21-22-14-25/h2-7,12-14H,8-11H2,1H3. The molecule has 29 heavy (non-hydrogen) atoms. The van der Waals surface area contributed by atoms with Crippen LogP contribution in [0.15, 0.2) is 55.1 Å². The van der Waals surface area contributed by atoms with Crippen molar-refractivity contribution in [2.75, 3.05) is 31.1 Å². The zero-order chi connectivity index (χ0) is 20.4. The van der Waals surface area contributed by atoms with Crippen molar-refractivity contribution in [1.82, 2.24) is 19.7 Å². The Balaban J connectivity index is 1.53. The second kappa shape index (κ2) is 7.70. The first-order valence-corrected chi connectivity index (χ1v) is 9.27. The number of carbonyl (C=O) groups is 1. The molecule has 1 fully saturated rings. The predicted octanol–water partition coefficient (Wildman–Crippen LogP) is 2.45. The molecule has 2 aromatic carbocycles. The van der Waals surface area contributed by atoms with Gasteiger partial charge in [-0.3, -0.25) is 19.5 Å². The summed E-state index contributed by atoms with van der Waals surface area (Å²) in [5.74, 6) is 0.0207. The lowest BCUT2D eigenvalue weighted by atomic mass is 10.1. The molecule has 1 amide bonds. The molecule has 0 spiro atoms. The molecule has 1 aliphatic heterocycles. The molecule has 9 heteroatoms. The highest BCUT2D eigenvalue weighted by Gasteiger charge is 2.25. The van der Waals surface area contributed by atoms with Gasteiger partial charge in [0.25, 0.3) is 11.6 Å². The SMILES string of the molecule is Cc1ccc(C(=O)N2CCN(c3ccc([N+](=O)[O-])cc3-n3cnnc3)CC2)cc1. The fourth-order valence-corrected chi connectivity index (χ4v) is 3.45. The first-order valence-electron chi connectivity index (χ1n) is 9.27. The minimum absolute atomic E-state index is 0.00522. The number of rotatable bonds is 4. The molecule has 0 atom stereocenters. The van der Waals surface area contributed by atoms with Crippen LogP contribution >= 0.6 is 0 Å². The summed E-state index contributed by atoms with van der Waals surface area (Å²) in [6, 6.07) is 12.3. The molecule has 2 heterocycles. The van der Waals surface area contributed by atoms with Crippen LogP contribution in [0.1, 0.15) is 15.9 Å². The van der Waals surface area contributed by atoms with E-state index in [0.29, 0.717) is 37.4 Å². The van der Waals surface area contributed by atoms with Gasteiger partial charge in [0, 0.05) is 43.9 Å². The van der Waals surface area contributed by atoms with E-state index in [0.717, 1.165) is 11.3 Å². The summed E-state index contributed by atoms with van der Waals surface area (Å²) in [4.78, 5) is 27.5. The Morgan fingerprint density at radius 3 is 2.24 bits per heavy atom. The summed E-state index contributed by atoms with van der Waals surface area (Å²) in [5, 5.41) is 18.8. The number of piperazine rings is 1. The summed E-state index contributed by atoms with van der Waals surface area (Å²) in [7, 11) is 0. The molecule has 0 N–H and O–H groups in total. The van der Waals surface area contributed by atoms with Crippen LogP contribution in [0.5, 0.6) is 0 Å². The molecule has 4 rings (SSSR count). The van der Waals surface area contributed by atoms with Crippen molar-refractivity contribution in [1.29, 1.82) is 0 Å². The van der Waals surface area contributed by atoms with Crippen molar-refractivity contribution < 1.29 is 9.72 Å². The minimum Gasteiger partial charge on any atom is -0.366 e. The topological polar surface area (TPSA) is 97.4 Å². The van der Waals surface area contributed by atoms with E-state index >= 15 is 0 Å². The molecule has 0 saturated carbocycles. The average Bonchev–Trinajstić information content (AvgIpc) is 3.28. The third kappa shape index (κ3) is 3.79. The number of carbonyl (C=O) groups excluding carboxylic acids is 1. The number of anilines is 1. The lowest BCUT2D eigenvalue weighted by molar-refractivity contribution is -0.384. The molecule has 148 valence electrons. The minimum atomic E-state index is -0.421. The van der Waals surface area contributed by atoms with Crippen molar-refractivity contribution in [2.24, 2.45) is 0 Å². The maximum atomic E-state index is 12.7. The largest absolute Gasteiger partial charge is 0.366 e. The van der Waals surface area contributed by atoms with E-state index in [2.05, 4.69) is 15.1 Å². The first-order chi connectivity index (χ1) is 14.0. The molecule has 9 nitrogen and oxygen atoms in total. The summed E-state index contributed by atoms with van der Waals surface area (Å²) in [6.45, 7) is 4.40. The van der Waals surface area contributed by atoms with E-state index < -0.39 is 4.92 Å². The molecule has 0 aliphatic carbocycles. The number of nitro groups is 1. The molecule has 1 saturated heterocycles. The van der Waals surface area contributed by atoms with Gasteiger partial charge in [-0.15, -0.1) is 10.2 Å². The average molecular weight is 392 g/mol. The highest BCUT2D eigenvalue weighted by Crippen LogP contribution is 2.29. The molecule has 0 radical (unpaired) electrons. The van der Waals surface area contributed by atoms with Crippen molar-refractivity contribution >= 4 is 17.3 Å². The summed E-state index contributed by atoms with van der Waals surface area (Å²) >= 11 is 0. The normalized spacial score (nSPS) is 14.1. The number of benzene rings is 2. The smallest absolute Gasteiger partial charge is 0.271 e. The Kier molecular flexibility index (Phi) is 4.94. The number of aryl methyl sites for hydroxylation is 1. The summed E-state index contributed by atoms with van der Waals surface area (Å²) < 4.78 is 1.66. The number of non-ortho nitro benzene ring substituents is 1. The maximum Gasteiger partial charge on any atom is 0.271 e. The maximum absolute atomic E-state index is 12.7. The Hall–Kier alpha value is -3.75. The van der Waals surface area contributed by atoms with Crippen LogP contribution in [-0.2, 0) is 0 Å². The quantitative estimate of drug-likeness (QED) is 0.500. The van der Waals surface area contributed by atoms with E-state index in [9.17, 15) is 14.9 Å². The third-order valence-corrected chi connectivity index (χ3v) is 5.07. The lowest BCUT2D eigenvalue weighted by Crippen LogP contribution is -2.49. The van der Waals surface area contributed by atoms with E-state index in [-0.39, 0.29) is 11.6 Å². The number of nitrogens with zero attached hydrogens (tertiary/aromatic N) is 6. The molecule has 1 aromatic heterocycles.